The SMILES string of the molecule is Cc1nc(-n2nc(-c3cccs3)cc2NC(=O)C(=O)c2c(C)[nH]c3ccccc23)[nH]c(=O)c1C. The number of rotatable bonds is 5. The molecule has 5 rings (SSSR count). The molecule has 5 aromatic rings. The number of amides is 1. The second-order valence-corrected chi connectivity index (χ2v) is 8.81. The molecule has 0 unspecified atom stereocenters. The van der Waals surface area contributed by atoms with E-state index in [1.165, 1.54) is 16.0 Å². The zero-order valence-corrected chi connectivity index (χ0v) is 19.4. The van der Waals surface area contributed by atoms with Crippen LogP contribution in [0.1, 0.15) is 27.3 Å². The van der Waals surface area contributed by atoms with Gasteiger partial charge in [-0.15, -0.1) is 11.3 Å². The molecule has 0 aliphatic rings. The number of hydrogen-bond donors (Lipinski definition) is 3. The number of ketones is 1. The van der Waals surface area contributed by atoms with Crippen molar-refractivity contribution < 1.29 is 9.59 Å². The summed E-state index contributed by atoms with van der Waals surface area (Å²) in [6.07, 6.45) is 0. The third-order valence-electron chi connectivity index (χ3n) is 5.63. The molecule has 170 valence electrons. The summed E-state index contributed by atoms with van der Waals surface area (Å²) in [5, 5.41) is 9.79. The van der Waals surface area contributed by atoms with Gasteiger partial charge in [-0.25, -0.2) is 4.98 Å². The molecule has 3 N–H and O–H groups in total. The maximum Gasteiger partial charge on any atom is 0.298 e. The van der Waals surface area contributed by atoms with Crippen LogP contribution >= 0.6 is 11.3 Å². The number of para-hydroxylation sites is 1. The van der Waals surface area contributed by atoms with Crippen LogP contribution < -0.4 is 10.9 Å². The smallest absolute Gasteiger partial charge is 0.298 e. The molecular weight excluding hydrogens is 452 g/mol. The predicted molar refractivity (Wildman–Crippen MR) is 131 cm³/mol. The maximum absolute atomic E-state index is 13.1. The highest BCUT2D eigenvalue weighted by atomic mass is 32.1. The molecule has 10 heteroatoms. The van der Waals surface area contributed by atoms with Crippen LogP contribution in [0, 0.1) is 20.8 Å². The van der Waals surface area contributed by atoms with Gasteiger partial charge < -0.3 is 10.3 Å². The van der Waals surface area contributed by atoms with E-state index in [0.29, 0.717) is 33.6 Å². The summed E-state index contributed by atoms with van der Waals surface area (Å²) in [7, 11) is 0. The van der Waals surface area contributed by atoms with Crippen molar-refractivity contribution in [2.75, 3.05) is 5.32 Å². The minimum atomic E-state index is -0.821. The molecule has 0 atom stereocenters. The normalized spacial score (nSPS) is 11.1. The standard InChI is InChI=1S/C24H20N6O3S/c1-12-13(2)26-24(28-22(12)32)30-19(11-17(29-30)18-9-6-10-34-18)27-23(33)21(31)20-14(3)25-16-8-5-4-7-15(16)20/h4-11,25H,1-3H3,(H,27,33)(H,26,28,32). The van der Waals surface area contributed by atoms with Gasteiger partial charge in [-0.1, -0.05) is 24.3 Å². The van der Waals surface area contributed by atoms with Crippen molar-refractivity contribution in [3.05, 3.63) is 80.7 Å². The van der Waals surface area contributed by atoms with Crippen LogP contribution in [0.3, 0.4) is 0 Å². The largest absolute Gasteiger partial charge is 0.358 e. The molecule has 0 spiro atoms. The van der Waals surface area contributed by atoms with Gasteiger partial charge in [0.25, 0.3) is 17.2 Å². The summed E-state index contributed by atoms with van der Waals surface area (Å²) in [6, 6.07) is 12.7. The van der Waals surface area contributed by atoms with E-state index in [0.717, 1.165) is 10.4 Å². The summed E-state index contributed by atoms with van der Waals surface area (Å²) < 4.78 is 1.33. The van der Waals surface area contributed by atoms with Crippen LogP contribution in [0.2, 0.25) is 0 Å². The first-order valence-corrected chi connectivity index (χ1v) is 11.4. The van der Waals surface area contributed by atoms with E-state index in [-0.39, 0.29) is 17.3 Å². The van der Waals surface area contributed by atoms with Gasteiger partial charge in [0.1, 0.15) is 11.5 Å². The van der Waals surface area contributed by atoms with Crippen LogP contribution in [-0.2, 0) is 4.79 Å². The van der Waals surface area contributed by atoms with Crippen molar-refractivity contribution in [1.82, 2.24) is 24.7 Å². The number of nitrogens with one attached hydrogen (secondary N) is 3. The van der Waals surface area contributed by atoms with Crippen LogP contribution in [-0.4, -0.2) is 36.4 Å². The summed E-state index contributed by atoms with van der Waals surface area (Å²) >= 11 is 1.48. The number of aromatic nitrogens is 5. The number of thiophene rings is 1. The summed E-state index contributed by atoms with van der Waals surface area (Å²) in [5.74, 6) is -1.15. The minimum Gasteiger partial charge on any atom is -0.358 e. The van der Waals surface area contributed by atoms with Gasteiger partial charge in [0.05, 0.1) is 10.4 Å². The number of carbonyl (C=O) groups excluding carboxylic acids is 2. The quantitative estimate of drug-likeness (QED) is 0.264. The Balaban J connectivity index is 1.56. The highest BCUT2D eigenvalue weighted by Crippen LogP contribution is 2.28. The molecule has 0 fully saturated rings. The lowest BCUT2D eigenvalue weighted by atomic mass is 10.1. The molecule has 0 aliphatic heterocycles. The van der Waals surface area contributed by atoms with Gasteiger partial charge in [-0.3, -0.25) is 19.4 Å². The molecule has 0 bridgehead atoms. The Kier molecular flexibility index (Phi) is 5.21. The van der Waals surface area contributed by atoms with Crippen molar-refractivity contribution in [3.63, 3.8) is 0 Å². The number of carbonyl (C=O) groups is 2. The lowest BCUT2D eigenvalue weighted by molar-refractivity contribution is -0.112. The maximum atomic E-state index is 13.1. The first kappa shape index (κ1) is 21.5. The van der Waals surface area contributed by atoms with Crippen LogP contribution in [0.15, 0.2) is 52.6 Å². The highest BCUT2D eigenvalue weighted by molar-refractivity contribution is 7.13. The molecule has 34 heavy (non-hydrogen) atoms. The number of aromatic amines is 2. The topological polar surface area (TPSA) is 126 Å². The van der Waals surface area contributed by atoms with Crippen molar-refractivity contribution in [2.45, 2.75) is 20.8 Å². The molecule has 4 aromatic heterocycles. The number of fused-ring (bicyclic) bond motifs is 1. The lowest BCUT2D eigenvalue weighted by Gasteiger charge is -2.09. The van der Waals surface area contributed by atoms with Crippen molar-refractivity contribution in [2.24, 2.45) is 0 Å². The summed E-state index contributed by atoms with van der Waals surface area (Å²) in [4.78, 5) is 49.7. The molecule has 9 nitrogen and oxygen atoms in total. The number of Topliss-reactive ketones (excluding diaryl/α,β-unsaturated/α-hetero) is 1. The Morgan fingerprint density at radius 2 is 1.85 bits per heavy atom. The van der Waals surface area contributed by atoms with Crippen molar-refractivity contribution in [3.8, 4) is 16.5 Å². The molecule has 0 radical (unpaired) electrons. The fourth-order valence-electron chi connectivity index (χ4n) is 3.76. The number of anilines is 1. The Labute approximate surface area is 197 Å². The zero-order chi connectivity index (χ0) is 24.0. The lowest BCUT2D eigenvalue weighted by Crippen LogP contribution is -2.26. The average molecular weight is 473 g/mol. The van der Waals surface area contributed by atoms with E-state index in [1.54, 1.807) is 32.9 Å². The van der Waals surface area contributed by atoms with Crippen LogP contribution in [0.4, 0.5) is 5.82 Å². The number of hydrogen-bond acceptors (Lipinski definition) is 6. The van der Waals surface area contributed by atoms with Gasteiger partial charge in [0.2, 0.25) is 5.95 Å². The fraction of sp³-hybridized carbons (Fsp3) is 0.125. The second kappa shape index (κ2) is 8.23. The number of aryl methyl sites for hydroxylation is 2. The molecular formula is C24H20N6O3S. The van der Waals surface area contributed by atoms with E-state index in [1.807, 2.05) is 35.7 Å². The van der Waals surface area contributed by atoms with E-state index < -0.39 is 11.7 Å². The molecule has 0 saturated carbocycles. The van der Waals surface area contributed by atoms with Crippen molar-refractivity contribution in [1.29, 1.82) is 0 Å². The number of benzene rings is 1. The van der Waals surface area contributed by atoms with E-state index in [2.05, 4.69) is 25.4 Å². The predicted octanol–water partition coefficient (Wildman–Crippen LogP) is 3.91. The van der Waals surface area contributed by atoms with Gasteiger partial charge in [0, 0.05) is 33.9 Å². The fourth-order valence-corrected chi connectivity index (χ4v) is 4.44. The Bertz CT molecular complexity index is 1620. The van der Waals surface area contributed by atoms with Crippen LogP contribution in [0.25, 0.3) is 27.4 Å². The third kappa shape index (κ3) is 3.63. The first-order valence-electron chi connectivity index (χ1n) is 10.5. The van der Waals surface area contributed by atoms with Crippen molar-refractivity contribution >= 4 is 39.7 Å². The van der Waals surface area contributed by atoms with E-state index in [9.17, 15) is 14.4 Å². The van der Waals surface area contributed by atoms with Gasteiger partial charge >= 0.3 is 0 Å². The minimum absolute atomic E-state index is 0.141. The molecule has 1 aromatic carbocycles. The first-order chi connectivity index (χ1) is 16.3. The monoisotopic (exact) mass is 472 g/mol. The van der Waals surface area contributed by atoms with E-state index in [4.69, 9.17) is 0 Å². The Hall–Kier alpha value is -4.31. The second-order valence-electron chi connectivity index (χ2n) is 7.86. The van der Waals surface area contributed by atoms with Gasteiger partial charge in [0.15, 0.2) is 0 Å². The number of H-pyrrole nitrogens is 2. The highest BCUT2D eigenvalue weighted by Gasteiger charge is 2.25. The summed E-state index contributed by atoms with van der Waals surface area (Å²) in [5.41, 5.74) is 2.99. The number of nitrogens with zero attached hydrogens (tertiary/aromatic N) is 3. The van der Waals surface area contributed by atoms with Gasteiger partial charge in [-0.05, 0) is 38.3 Å². The Morgan fingerprint density at radius 1 is 1.06 bits per heavy atom. The molecule has 0 saturated heterocycles. The zero-order valence-electron chi connectivity index (χ0n) is 18.6. The average Bonchev–Trinajstić information content (AvgIpc) is 3.54. The van der Waals surface area contributed by atoms with E-state index >= 15 is 0 Å². The van der Waals surface area contributed by atoms with Crippen LogP contribution in [0.5, 0.6) is 0 Å². The molecule has 1 amide bonds. The summed E-state index contributed by atoms with van der Waals surface area (Å²) in [6.45, 7) is 5.15. The molecule has 4 heterocycles. The molecule has 0 aliphatic carbocycles. The Morgan fingerprint density at radius 3 is 2.59 bits per heavy atom. The third-order valence-corrected chi connectivity index (χ3v) is 6.53. The van der Waals surface area contributed by atoms with Gasteiger partial charge in [-0.2, -0.15) is 9.78 Å².